The Bertz CT molecular complexity index is 417. The van der Waals surface area contributed by atoms with Crippen LogP contribution in [-0.4, -0.2) is 18.8 Å². The third-order valence-corrected chi connectivity index (χ3v) is 4.01. The van der Waals surface area contributed by atoms with Crippen molar-refractivity contribution in [1.82, 2.24) is 0 Å². The van der Waals surface area contributed by atoms with Crippen molar-refractivity contribution < 1.29 is 9.84 Å². The number of rotatable bonds is 5. The molecule has 2 nitrogen and oxygen atoms in total. The second kappa shape index (κ2) is 7.46. The zero-order chi connectivity index (χ0) is 13.5. The lowest BCUT2D eigenvalue weighted by Crippen LogP contribution is -2.12. The van der Waals surface area contributed by atoms with Gasteiger partial charge in [0, 0.05) is 7.11 Å². The van der Waals surface area contributed by atoms with Crippen LogP contribution in [0.25, 0.3) is 6.08 Å². The van der Waals surface area contributed by atoms with Crippen LogP contribution >= 0.6 is 0 Å². The first-order chi connectivity index (χ1) is 9.35. The number of hydrogen-bond acceptors (Lipinski definition) is 2. The number of methoxy groups -OCH3 is 1. The number of benzene rings is 1. The lowest BCUT2D eigenvalue weighted by Gasteiger charge is -2.23. The van der Waals surface area contributed by atoms with Crippen LogP contribution in [0.4, 0.5) is 0 Å². The van der Waals surface area contributed by atoms with E-state index >= 15 is 0 Å². The highest BCUT2D eigenvalue weighted by molar-refractivity contribution is 5.57. The summed E-state index contributed by atoms with van der Waals surface area (Å²) in [6.07, 6.45) is 8.54. The van der Waals surface area contributed by atoms with Gasteiger partial charge in [0.2, 0.25) is 0 Å². The number of ether oxygens (including phenoxy) is 1. The number of aliphatic hydroxyl groups excluding tert-OH is 1. The smallest absolute Gasteiger partial charge is 0.0718 e. The lowest BCUT2D eigenvalue weighted by atomic mass is 9.83. The second-order valence-electron chi connectivity index (χ2n) is 5.34. The van der Waals surface area contributed by atoms with Crippen molar-refractivity contribution in [3.63, 3.8) is 0 Å². The predicted molar refractivity (Wildman–Crippen MR) is 78.8 cm³/mol. The maximum absolute atomic E-state index is 9.66. The van der Waals surface area contributed by atoms with Crippen LogP contribution in [-0.2, 0) is 11.3 Å². The molecule has 1 saturated carbocycles. The van der Waals surface area contributed by atoms with Crippen molar-refractivity contribution in [3.8, 4) is 0 Å². The van der Waals surface area contributed by atoms with E-state index in [2.05, 4.69) is 18.2 Å². The molecule has 0 heterocycles. The summed E-state index contributed by atoms with van der Waals surface area (Å²) in [5.41, 5.74) is 3.55. The van der Waals surface area contributed by atoms with Crippen LogP contribution in [0.2, 0.25) is 0 Å². The molecular weight excluding hydrogens is 236 g/mol. The van der Waals surface area contributed by atoms with E-state index in [0.717, 1.165) is 0 Å². The maximum atomic E-state index is 9.66. The van der Waals surface area contributed by atoms with Crippen molar-refractivity contribution in [2.75, 3.05) is 13.7 Å². The van der Waals surface area contributed by atoms with Gasteiger partial charge in [-0.05, 0) is 35.5 Å². The molecule has 0 aliphatic heterocycles. The fraction of sp³-hybridized carbons (Fsp3) is 0.529. The Kier molecular flexibility index (Phi) is 5.62. The molecule has 1 aromatic carbocycles. The molecule has 1 fully saturated rings. The Hall–Kier alpha value is -1.12. The van der Waals surface area contributed by atoms with Gasteiger partial charge < -0.3 is 9.84 Å². The second-order valence-corrected chi connectivity index (χ2v) is 5.34. The highest BCUT2D eigenvalue weighted by Crippen LogP contribution is 2.31. The molecule has 0 bridgehead atoms. The third kappa shape index (κ3) is 3.92. The topological polar surface area (TPSA) is 29.5 Å². The first-order valence-electron chi connectivity index (χ1n) is 7.23. The predicted octanol–water partition coefficient (Wildman–Crippen LogP) is 3.79. The zero-order valence-corrected chi connectivity index (χ0v) is 11.8. The standard InChI is InChI=1S/C17H24O2/c1-19-13-16-10-6-5-9-15(16)11-17(12-18)14-7-3-2-4-8-14/h5-6,9-11,14,18H,2-4,7-8,12-13H2,1H3. The van der Waals surface area contributed by atoms with Gasteiger partial charge in [-0.15, -0.1) is 0 Å². The maximum Gasteiger partial charge on any atom is 0.0718 e. The normalized spacial score (nSPS) is 17.7. The van der Waals surface area contributed by atoms with Gasteiger partial charge in [-0.2, -0.15) is 0 Å². The Morgan fingerprint density at radius 2 is 2.00 bits per heavy atom. The Morgan fingerprint density at radius 1 is 1.26 bits per heavy atom. The summed E-state index contributed by atoms with van der Waals surface area (Å²) in [7, 11) is 1.72. The van der Waals surface area contributed by atoms with E-state index in [9.17, 15) is 5.11 Å². The largest absolute Gasteiger partial charge is 0.392 e. The summed E-state index contributed by atoms with van der Waals surface area (Å²) in [5.74, 6) is 0.564. The number of hydrogen-bond donors (Lipinski definition) is 1. The Balaban J connectivity index is 2.21. The van der Waals surface area contributed by atoms with Gasteiger partial charge in [-0.25, -0.2) is 0 Å². The first kappa shape index (κ1) is 14.3. The van der Waals surface area contributed by atoms with Gasteiger partial charge in [0.1, 0.15) is 0 Å². The summed E-state index contributed by atoms with van der Waals surface area (Å²) < 4.78 is 5.24. The highest BCUT2D eigenvalue weighted by Gasteiger charge is 2.17. The van der Waals surface area contributed by atoms with Gasteiger partial charge in [0.05, 0.1) is 13.2 Å². The minimum Gasteiger partial charge on any atom is -0.392 e. The average Bonchev–Trinajstić information content (AvgIpc) is 2.47. The van der Waals surface area contributed by atoms with Crippen molar-refractivity contribution in [2.24, 2.45) is 5.92 Å². The SMILES string of the molecule is COCc1ccccc1C=C(CO)C1CCCCC1. The first-order valence-corrected chi connectivity index (χ1v) is 7.23. The molecule has 0 saturated heterocycles. The molecule has 0 aromatic heterocycles. The molecule has 1 aliphatic carbocycles. The van der Waals surface area contributed by atoms with E-state index in [-0.39, 0.29) is 6.61 Å². The quantitative estimate of drug-likeness (QED) is 0.872. The molecule has 0 atom stereocenters. The molecule has 1 aromatic rings. The fourth-order valence-electron chi connectivity index (χ4n) is 2.93. The van der Waals surface area contributed by atoms with E-state index < -0.39 is 0 Å². The van der Waals surface area contributed by atoms with Crippen LogP contribution in [0, 0.1) is 5.92 Å². The summed E-state index contributed by atoms with van der Waals surface area (Å²) >= 11 is 0. The molecule has 1 aliphatic rings. The molecule has 2 rings (SSSR count). The van der Waals surface area contributed by atoms with Crippen LogP contribution in [0.5, 0.6) is 0 Å². The molecule has 0 amide bonds. The summed E-state index contributed by atoms with van der Waals surface area (Å²) in [6, 6.07) is 8.27. The van der Waals surface area contributed by atoms with Gasteiger partial charge in [-0.3, -0.25) is 0 Å². The third-order valence-electron chi connectivity index (χ3n) is 4.01. The Morgan fingerprint density at radius 3 is 2.68 bits per heavy atom. The van der Waals surface area contributed by atoms with Gasteiger partial charge >= 0.3 is 0 Å². The molecule has 2 heteroatoms. The lowest BCUT2D eigenvalue weighted by molar-refractivity contribution is 0.184. The van der Waals surface area contributed by atoms with Crippen molar-refractivity contribution >= 4 is 6.08 Å². The van der Waals surface area contributed by atoms with Gasteiger partial charge in [0.15, 0.2) is 0 Å². The van der Waals surface area contributed by atoms with E-state index in [1.54, 1.807) is 7.11 Å². The monoisotopic (exact) mass is 260 g/mol. The molecule has 0 radical (unpaired) electrons. The van der Waals surface area contributed by atoms with Crippen molar-refractivity contribution in [2.45, 2.75) is 38.7 Å². The van der Waals surface area contributed by atoms with Crippen molar-refractivity contribution in [1.29, 1.82) is 0 Å². The minimum absolute atomic E-state index is 0.173. The summed E-state index contributed by atoms with van der Waals surface area (Å²) in [5, 5.41) is 9.66. The summed E-state index contributed by atoms with van der Waals surface area (Å²) in [6.45, 7) is 0.794. The molecule has 0 unspecified atom stereocenters. The van der Waals surface area contributed by atoms with Gasteiger partial charge in [-0.1, -0.05) is 49.6 Å². The highest BCUT2D eigenvalue weighted by atomic mass is 16.5. The van der Waals surface area contributed by atoms with Gasteiger partial charge in [0.25, 0.3) is 0 Å². The molecule has 19 heavy (non-hydrogen) atoms. The number of aliphatic hydroxyl groups is 1. The van der Waals surface area contributed by atoms with E-state index in [1.807, 2.05) is 12.1 Å². The molecule has 104 valence electrons. The van der Waals surface area contributed by atoms with Crippen molar-refractivity contribution in [3.05, 3.63) is 41.0 Å². The summed E-state index contributed by atoms with van der Waals surface area (Å²) in [4.78, 5) is 0. The fourth-order valence-corrected chi connectivity index (χ4v) is 2.93. The van der Waals surface area contributed by atoms with E-state index in [1.165, 1.54) is 48.8 Å². The van der Waals surface area contributed by atoms with E-state index in [0.29, 0.717) is 12.5 Å². The molecule has 0 spiro atoms. The minimum atomic E-state index is 0.173. The Labute approximate surface area is 116 Å². The van der Waals surface area contributed by atoms with Crippen LogP contribution in [0.15, 0.2) is 29.8 Å². The van der Waals surface area contributed by atoms with Crippen LogP contribution < -0.4 is 0 Å². The van der Waals surface area contributed by atoms with Crippen LogP contribution in [0.1, 0.15) is 43.2 Å². The molecule has 1 N–H and O–H groups in total. The molecular formula is C17H24O2. The average molecular weight is 260 g/mol. The zero-order valence-electron chi connectivity index (χ0n) is 11.8. The van der Waals surface area contributed by atoms with E-state index in [4.69, 9.17) is 4.74 Å². The van der Waals surface area contributed by atoms with Crippen LogP contribution in [0.3, 0.4) is 0 Å².